The summed E-state index contributed by atoms with van der Waals surface area (Å²) in [4.78, 5) is 0. The quantitative estimate of drug-likeness (QED) is 0.448. The Morgan fingerprint density at radius 2 is 1.94 bits per heavy atom. The van der Waals surface area contributed by atoms with E-state index >= 15 is 0 Å². The first-order valence-electron chi connectivity index (χ1n) is 6.42. The maximum atomic E-state index is 5.44. The second-order valence-electron chi connectivity index (χ2n) is 4.70. The van der Waals surface area contributed by atoms with Crippen molar-refractivity contribution >= 4 is 0 Å². The molecule has 2 nitrogen and oxygen atoms in total. The van der Waals surface area contributed by atoms with Crippen molar-refractivity contribution in [1.29, 1.82) is 0 Å². The zero-order valence-corrected chi connectivity index (χ0v) is 10.8. The van der Waals surface area contributed by atoms with Crippen molar-refractivity contribution in [3.63, 3.8) is 0 Å². The summed E-state index contributed by atoms with van der Waals surface area (Å²) in [6, 6.07) is 10.1. The Labute approximate surface area is 109 Å². The van der Waals surface area contributed by atoms with E-state index in [1.54, 1.807) is 0 Å². The number of benzene rings is 1. The maximum Gasteiger partial charge on any atom is 0.141 e. The molecule has 0 N–H and O–H groups in total. The molecule has 2 heteroatoms. The number of hydrogen-bond acceptors (Lipinski definition) is 1. The molecule has 0 amide bonds. The first-order valence-corrected chi connectivity index (χ1v) is 6.42. The third kappa shape index (κ3) is 3.46. The van der Waals surface area contributed by atoms with Crippen molar-refractivity contribution in [3.8, 4) is 11.8 Å². The van der Waals surface area contributed by atoms with Crippen molar-refractivity contribution in [2.75, 3.05) is 39.4 Å². The summed E-state index contributed by atoms with van der Waals surface area (Å²) in [5.41, 5.74) is 1.09. The van der Waals surface area contributed by atoms with E-state index in [9.17, 15) is 0 Å². The molecule has 1 aliphatic rings. The number of quaternary nitrogens is 1. The van der Waals surface area contributed by atoms with E-state index in [0.717, 1.165) is 49.4 Å². The van der Waals surface area contributed by atoms with Crippen LogP contribution < -0.4 is 0 Å². The Morgan fingerprint density at radius 3 is 2.61 bits per heavy atom. The molecular weight excluding hydrogens is 222 g/mol. The Kier molecular flexibility index (Phi) is 4.58. The van der Waals surface area contributed by atoms with Gasteiger partial charge in [0.15, 0.2) is 0 Å². The van der Waals surface area contributed by atoms with Gasteiger partial charge >= 0.3 is 0 Å². The predicted octanol–water partition coefficient (Wildman–Crippen LogP) is 2.07. The van der Waals surface area contributed by atoms with Crippen LogP contribution >= 0.6 is 0 Å². The van der Waals surface area contributed by atoms with E-state index in [-0.39, 0.29) is 0 Å². The van der Waals surface area contributed by atoms with E-state index in [2.05, 4.69) is 18.4 Å². The first-order chi connectivity index (χ1) is 8.85. The lowest BCUT2D eigenvalue weighted by Crippen LogP contribution is -2.55. The molecule has 0 aliphatic carbocycles. The number of hydrogen-bond donors (Lipinski definition) is 0. The van der Waals surface area contributed by atoms with E-state index in [0.29, 0.717) is 0 Å². The zero-order valence-electron chi connectivity index (χ0n) is 10.8. The highest BCUT2D eigenvalue weighted by Crippen LogP contribution is 2.10. The number of nitrogens with zero attached hydrogens (tertiary/aromatic N) is 1. The summed E-state index contributed by atoms with van der Waals surface area (Å²) >= 11 is 0. The van der Waals surface area contributed by atoms with E-state index in [1.807, 2.05) is 36.4 Å². The molecule has 0 atom stereocenters. The molecule has 0 unspecified atom stereocenters. The van der Waals surface area contributed by atoms with Gasteiger partial charge in [-0.2, -0.15) is 0 Å². The van der Waals surface area contributed by atoms with Crippen molar-refractivity contribution in [3.05, 3.63) is 48.6 Å². The molecule has 1 heterocycles. The van der Waals surface area contributed by atoms with Crippen LogP contribution in [0, 0.1) is 11.8 Å². The number of morpholine rings is 1. The molecule has 0 aromatic heterocycles. The highest BCUT2D eigenvalue weighted by Gasteiger charge is 2.27. The topological polar surface area (TPSA) is 9.23 Å². The molecule has 0 bridgehead atoms. The van der Waals surface area contributed by atoms with Crippen LogP contribution in [0.3, 0.4) is 0 Å². The molecule has 0 saturated carbocycles. The standard InChI is InChI=1S/C16H20NO/c1-2-10-17(12-14-18-15-13-17)11-6-9-16-7-4-3-5-8-16/h2-5,7-8H,1,10-15H2/q+1. The zero-order chi connectivity index (χ0) is 12.7. The minimum atomic E-state index is 0.834. The summed E-state index contributed by atoms with van der Waals surface area (Å²) < 4.78 is 6.43. The second-order valence-corrected chi connectivity index (χ2v) is 4.70. The van der Waals surface area contributed by atoms with Crippen molar-refractivity contribution < 1.29 is 9.22 Å². The minimum absolute atomic E-state index is 0.834. The van der Waals surface area contributed by atoms with Gasteiger partial charge in [0.05, 0.1) is 19.8 Å². The molecule has 1 fully saturated rings. The van der Waals surface area contributed by atoms with Gasteiger partial charge in [0.1, 0.15) is 19.6 Å². The molecule has 1 aliphatic heterocycles. The Morgan fingerprint density at radius 1 is 1.22 bits per heavy atom. The molecule has 1 saturated heterocycles. The molecule has 18 heavy (non-hydrogen) atoms. The van der Waals surface area contributed by atoms with Gasteiger partial charge in [0, 0.05) is 5.56 Å². The molecule has 94 valence electrons. The van der Waals surface area contributed by atoms with Crippen LogP contribution in [0.1, 0.15) is 5.56 Å². The normalized spacial score (nSPS) is 17.6. The van der Waals surface area contributed by atoms with Gasteiger partial charge < -0.3 is 9.22 Å². The average Bonchev–Trinajstić information content (AvgIpc) is 2.41. The Bertz CT molecular complexity index is 435. The predicted molar refractivity (Wildman–Crippen MR) is 74.1 cm³/mol. The molecule has 1 aromatic rings. The number of ether oxygens (including phenoxy) is 1. The van der Waals surface area contributed by atoms with Gasteiger partial charge in [-0.15, -0.1) is 0 Å². The highest BCUT2D eigenvalue weighted by atomic mass is 16.5. The summed E-state index contributed by atoms with van der Waals surface area (Å²) in [6.07, 6.45) is 2.00. The largest absolute Gasteiger partial charge is 0.370 e. The second kappa shape index (κ2) is 6.39. The lowest BCUT2D eigenvalue weighted by molar-refractivity contribution is -0.923. The maximum absolute atomic E-state index is 5.44. The Balaban J connectivity index is 2.02. The Hall–Kier alpha value is -1.56. The molecule has 2 rings (SSSR count). The van der Waals surface area contributed by atoms with Gasteiger partial charge in [-0.25, -0.2) is 0 Å². The lowest BCUT2D eigenvalue weighted by atomic mass is 10.2. The van der Waals surface area contributed by atoms with Gasteiger partial charge in [0.25, 0.3) is 0 Å². The number of rotatable bonds is 3. The van der Waals surface area contributed by atoms with Gasteiger partial charge in [-0.3, -0.25) is 0 Å². The van der Waals surface area contributed by atoms with Crippen molar-refractivity contribution in [2.45, 2.75) is 0 Å². The fraction of sp³-hybridized carbons (Fsp3) is 0.375. The van der Waals surface area contributed by atoms with Crippen molar-refractivity contribution in [1.82, 2.24) is 0 Å². The van der Waals surface area contributed by atoms with Crippen LogP contribution in [0.4, 0.5) is 0 Å². The summed E-state index contributed by atoms with van der Waals surface area (Å²) in [7, 11) is 0. The van der Waals surface area contributed by atoms with Crippen molar-refractivity contribution in [2.24, 2.45) is 0 Å². The van der Waals surface area contributed by atoms with Crippen LogP contribution in [0.25, 0.3) is 0 Å². The molecule has 0 spiro atoms. The van der Waals surface area contributed by atoms with Gasteiger partial charge in [-0.1, -0.05) is 30.7 Å². The molecule has 1 aromatic carbocycles. The molecular formula is C16H20NO+. The van der Waals surface area contributed by atoms with Crippen LogP contribution in [0.15, 0.2) is 43.0 Å². The highest BCUT2D eigenvalue weighted by molar-refractivity contribution is 5.33. The smallest absolute Gasteiger partial charge is 0.141 e. The monoisotopic (exact) mass is 242 g/mol. The SMILES string of the molecule is C=CC[N+]1(CC#Cc2ccccc2)CCOCC1. The van der Waals surface area contributed by atoms with Crippen LogP contribution in [-0.4, -0.2) is 43.9 Å². The van der Waals surface area contributed by atoms with E-state index in [4.69, 9.17) is 4.74 Å². The van der Waals surface area contributed by atoms with Crippen LogP contribution in [-0.2, 0) is 4.74 Å². The fourth-order valence-electron chi connectivity index (χ4n) is 2.24. The first kappa shape index (κ1) is 12.9. The average molecular weight is 242 g/mol. The van der Waals surface area contributed by atoms with Gasteiger partial charge in [-0.05, 0) is 24.1 Å². The van der Waals surface area contributed by atoms with Crippen LogP contribution in [0.5, 0.6) is 0 Å². The summed E-state index contributed by atoms with van der Waals surface area (Å²) in [5.74, 6) is 6.55. The van der Waals surface area contributed by atoms with Crippen LogP contribution in [0.2, 0.25) is 0 Å². The van der Waals surface area contributed by atoms with E-state index in [1.165, 1.54) is 0 Å². The lowest BCUT2D eigenvalue weighted by Gasteiger charge is -2.39. The third-order valence-electron chi connectivity index (χ3n) is 3.36. The van der Waals surface area contributed by atoms with E-state index < -0.39 is 0 Å². The fourth-order valence-corrected chi connectivity index (χ4v) is 2.24. The third-order valence-corrected chi connectivity index (χ3v) is 3.36. The summed E-state index contributed by atoms with van der Waals surface area (Å²) in [5, 5.41) is 0. The minimum Gasteiger partial charge on any atom is -0.370 e. The molecule has 0 radical (unpaired) electrons. The summed E-state index contributed by atoms with van der Waals surface area (Å²) in [6.45, 7) is 9.46. The van der Waals surface area contributed by atoms with Gasteiger partial charge in [0.2, 0.25) is 0 Å².